The van der Waals surface area contributed by atoms with Crippen LogP contribution in [0.4, 0.5) is 13.2 Å². The average molecular weight is 483 g/mol. The van der Waals surface area contributed by atoms with Gasteiger partial charge >= 0.3 is 12.1 Å². The van der Waals surface area contributed by atoms with Gasteiger partial charge in [0, 0.05) is 31.2 Å². The quantitative estimate of drug-likeness (QED) is 0.378. The highest BCUT2D eigenvalue weighted by molar-refractivity contribution is 5.79. The molecule has 1 unspecified atom stereocenters. The zero-order valence-corrected chi connectivity index (χ0v) is 18.8. The van der Waals surface area contributed by atoms with Gasteiger partial charge in [-0.15, -0.1) is 0 Å². The fourth-order valence-corrected chi connectivity index (χ4v) is 4.02. The molecule has 2 heterocycles. The number of aliphatic carboxylic acids is 1. The molecule has 0 saturated carbocycles. The van der Waals surface area contributed by atoms with E-state index in [1.165, 1.54) is 16.7 Å². The molecule has 1 aromatic heterocycles. The molecule has 6 nitrogen and oxygen atoms in total. The number of carboxylic acid groups (broad SMARTS) is 1. The zero-order valence-electron chi connectivity index (χ0n) is 18.8. The van der Waals surface area contributed by atoms with Gasteiger partial charge in [0.25, 0.3) is 0 Å². The lowest BCUT2D eigenvalue weighted by molar-refractivity contribution is -0.192. The van der Waals surface area contributed by atoms with Crippen LogP contribution in [-0.4, -0.2) is 51.3 Å². The Bertz CT molecular complexity index is 1270. The van der Waals surface area contributed by atoms with Gasteiger partial charge in [0.2, 0.25) is 0 Å². The van der Waals surface area contributed by atoms with Gasteiger partial charge in [0.15, 0.2) is 0 Å². The van der Waals surface area contributed by atoms with Crippen molar-refractivity contribution in [2.45, 2.75) is 25.2 Å². The van der Waals surface area contributed by atoms with Crippen LogP contribution < -0.4 is 5.73 Å². The molecule has 0 spiro atoms. The number of likely N-dealkylation sites (tertiary alicyclic amines) is 1. The minimum absolute atomic E-state index is 0.328. The second kappa shape index (κ2) is 10.3. The molecule has 0 radical (unpaired) electrons. The van der Waals surface area contributed by atoms with Crippen molar-refractivity contribution in [2.75, 3.05) is 13.1 Å². The van der Waals surface area contributed by atoms with Crippen molar-refractivity contribution in [2.24, 2.45) is 5.73 Å². The molecule has 1 aliphatic heterocycles. The van der Waals surface area contributed by atoms with Crippen molar-refractivity contribution in [3.8, 4) is 22.5 Å². The van der Waals surface area contributed by atoms with Crippen LogP contribution in [-0.2, 0) is 11.3 Å². The van der Waals surface area contributed by atoms with Crippen molar-refractivity contribution in [1.29, 1.82) is 0 Å². The second-order valence-corrected chi connectivity index (χ2v) is 8.47. The van der Waals surface area contributed by atoms with Gasteiger partial charge in [-0.1, -0.05) is 54.6 Å². The van der Waals surface area contributed by atoms with Crippen molar-refractivity contribution in [3.05, 3.63) is 78.4 Å². The lowest BCUT2D eigenvalue weighted by Crippen LogP contribution is -2.26. The number of H-pyrrole nitrogens is 1. The van der Waals surface area contributed by atoms with Gasteiger partial charge in [-0.05, 0) is 41.3 Å². The number of benzene rings is 3. The summed E-state index contributed by atoms with van der Waals surface area (Å²) in [6.45, 7) is 3.06. The summed E-state index contributed by atoms with van der Waals surface area (Å²) in [5, 5.41) is 7.12. The number of carboxylic acids is 1. The van der Waals surface area contributed by atoms with Gasteiger partial charge in [0.1, 0.15) is 5.82 Å². The maximum absolute atomic E-state index is 10.6. The summed E-state index contributed by atoms with van der Waals surface area (Å²) in [4.78, 5) is 19.4. The van der Waals surface area contributed by atoms with Crippen molar-refractivity contribution >= 4 is 17.0 Å². The number of halogens is 3. The number of nitrogens with two attached hydrogens (primary N) is 1. The van der Waals surface area contributed by atoms with Crippen LogP contribution in [0.15, 0.2) is 72.8 Å². The van der Waals surface area contributed by atoms with E-state index in [1.807, 2.05) is 18.2 Å². The standard InChI is InChI=1S/C24H24N4.C2HF3O2/c25-21-12-13-28(16-21)15-17-4-3-5-20(14-17)18-8-10-19(11-9-18)24-26-22-6-1-2-7-23(22)27-24;3-2(4,5)1(6)7/h1-11,14,21H,12-13,15-16,25H2,(H,26,27);(H,6,7). The number of alkyl halides is 3. The number of hydrogen-bond donors (Lipinski definition) is 3. The lowest BCUT2D eigenvalue weighted by atomic mass is 10.0. The number of imidazole rings is 1. The Morgan fingerprint density at radius 2 is 1.71 bits per heavy atom. The third-order valence-corrected chi connectivity index (χ3v) is 5.77. The first-order chi connectivity index (χ1) is 16.7. The van der Waals surface area contributed by atoms with Gasteiger partial charge in [-0.2, -0.15) is 13.2 Å². The molecule has 4 aromatic rings. The molecule has 35 heavy (non-hydrogen) atoms. The van der Waals surface area contributed by atoms with Gasteiger partial charge < -0.3 is 15.8 Å². The number of carbonyl (C=O) groups is 1. The van der Waals surface area contributed by atoms with Crippen LogP contribution >= 0.6 is 0 Å². The fourth-order valence-electron chi connectivity index (χ4n) is 4.02. The molecule has 5 rings (SSSR count). The monoisotopic (exact) mass is 482 g/mol. The normalized spacial score (nSPS) is 16.2. The molecule has 3 aromatic carbocycles. The summed E-state index contributed by atoms with van der Waals surface area (Å²) in [6.07, 6.45) is -3.98. The number of aromatic amines is 1. The van der Waals surface area contributed by atoms with Crippen LogP contribution in [0.25, 0.3) is 33.5 Å². The van der Waals surface area contributed by atoms with Crippen LogP contribution in [0.1, 0.15) is 12.0 Å². The first-order valence-corrected chi connectivity index (χ1v) is 11.1. The third-order valence-electron chi connectivity index (χ3n) is 5.77. The summed E-state index contributed by atoms with van der Waals surface area (Å²) in [7, 11) is 0. The molecular formula is C26H25F3N4O2. The number of fused-ring (bicyclic) bond motifs is 1. The van der Waals surface area contributed by atoms with Gasteiger partial charge in [-0.25, -0.2) is 9.78 Å². The molecule has 0 aliphatic carbocycles. The minimum Gasteiger partial charge on any atom is -0.475 e. The molecule has 0 bridgehead atoms. The largest absolute Gasteiger partial charge is 0.490 e. The van der Waals surface area contributed by atoms with Crippen LogP contribution in [0.5, 0.6) is 0 Å². The molecule has 182 valence electrons. The highest BCUT2D eigenvalue weighted by atomic mass is 19.4. The van der Waals surface area contributed by atoms with Crippen molar-refractivity contribution in [3.63, 3.8) is 0 Å². The Kier molecular flexibility index (Phi) is 7.18. The molecule has 1 atom stereocenters. The molecule has 9 heteroatoms. The predicted molar refractivity (Wildman–Crippen MR) is 129 cm³/mol. The number of nitrogens with one attached hydrogen (secondary N) is 1. The number of para-hydroxylation sites is 2. The topological polar surface area (TPSA) is 95.2 Å². The van der Waals surface area contributed by atoms with E-state index in [0.717, 1.165) is 48.5 Å². The smallest absolute Gasteiger partial charge is 0.475 e. The van der Waals surface area contributed by atoms with E-state index in [1.54, 1.807) is 0 Å². The molecule has 1 aliphatic rings. The summed E-state index contributed by atoms with van der Waals surface area (Å²) in [5.41, 5.74) is 13.0. The first kappa shape index (κ1) is 24.4. The summed E-state index contributed by atoms with van der Waals surface area (Å²) < 4.78 is 31.7. The Hall–Kier alpha value is -3.69. The highest BCUT2D eigenvalue weighted by Gasteiger charge is 2.38. The van der Waals surface area contributed by atoms with E-state index in [2.05, 4.69) is 64.5 Å². The molecule has 0 amide bonds. The lowest BCUT2D eigenvalue weighted by Gasteiger charge is -2.15. The average Bonchev–Trinajstić information content (AvgIpc) is 3.45. The Labute approximate surface area is 200 Å². The number of hydrogen-bond acceptors (Lipinski definition) is 4. The van der Waals surface area contributed by atoms with E-state index in [4.69, 9.17) is 20.6 Å². The third kappa shape index (κ3) is 6.26. The Morgan fingerprint density at radius 1 is 1.03 bits per heavy atom. The van der Waals surface area contributed by atoms with Crippen LogP contribution in [0.2, 0.25) is 0 Å². The Balaban J connectivity index is 0.000000364. The maximum atomic E-state index is 10.6. The molecular weight excluding hydrogens is 457 g/mol. The first-order valence-electron chi connectivity index (χ1n) is 11.1. The minimum atomic E-state index is -5.08. The predicted octanol–water partition coefficient (Wildman–Crippen LogP) is 5.06. The van der Waals surface area contributed by atoms with Gasteiger partial charge in [0.05, 0.1) is 11.0 Å². The summed E-state index contributed by atoms with van der Waals surface area (Å²) in [5.74, 6) is -1.85. The van der Waals surface area contributed by atoms with Crippen molar-refractivity contribution in [1.82, 2.24) is 14.9 Å². The zero-order chi connectivity index (χ0) is 25.0. The maximum Gasteiger partial charge on any atom is 0.490 e. The van der Waals surface area contributed by atoms with E-state index in [-0.39, 0.29) is 0 Å². The van der Waals surface area contributed by atoms with E-state index in [9.17, 15) is 13.2 Å². The van der Waals surface area contributed by atoms with Crippen molar-refractivity contribution < 1.29 is 23.1 Å². The number of aromatic nitrogens is 2. The molecule has 4 N–H and O–H groups in total. The molecule has 1 saturated heterocycles. The van der Waals surface area contributed by atoms with E-state index in [0.29, 0.717) is 6.04 Å². The van der Waals surface area contributed by atoms with Gasteiger partial charge in [-0.3, -0.25) is 4.90 Å². The Morgan fingerprint density at radius 3 is 2.34 bits per heavy atom. The summed E-state index contributed by atoms with van der Waals surface area (Å²) >= 11 is 0. The highest BCUT2D eigenvalue weighted by Crippen LogP contribution is 2.26. The number of rotatable bonds is 4. The molecule has 1 fully saturated rings. The van der Waals surface area contributed by atoms with Crippen LogP contribution in [0.3, 0.4) is 0 Å². The summed E-state index contributed by atoms with van der Waals surface area (Å²) in [6, 6.07) is 25.9. The number of nitrogens with zero attached hydrogens (tertiary/aromatic N) is 2. The van der Waals surface area contributed by atoms with E-state index >= 15 is 0 Å². The SMILES string of the molecule is NC1CCN(Cc2cccc(-c3ccc(-c4nc5ccccc5[nH]4)cc3)c2)C1.O=C(O)C(F)(F)F. The second-order valence-electron chi connectivity index (χ2n) is 8.47. The fraction of sp³-hybridized carbons (Fsp3) is 0.231. The van der Waals surface area contributed by atoms with E-state index < -0.39 is 12.1 Å². The van der Waals surface area contributed by atoms with Crippen LogP contribution in [0, 0.1) is 0 Å².